The third-order valence-corrected chi connectivity index (χ3v) is 4.91. The standard InChI is InChI=1S/C20H25N3O2/c1-2-6-15-7-5-13-23(14-11-15)20(25)16-9-10-18(22-19(16)24)17-8-3-4-12-21-17/h3-4,8-10,12,15H,2,5-7,11,13-14H2,1H3,(H,22,24)/t15-/m1/s1. The van der Waals surface area contributed by atoms with Crippen LogP contribution in [0.5, 0.6) is 0 Å². The molecule has 3 heterocycles. The van der Waals surface area contributed by atoms with Crippen molar-refractivity contribution in [3.05, 3.63) is 52.4 Å². The molecule has 3 rings (SSSR count). The van der Waals surface area contributed by atoms with Crippen molar-refractivity contribution in [2.45, 2.75) is 39.0 Å². The van der Waals surface area contributed by atoms with E-state index in [2.05, 4.69) is 16.9 Å². The van der Waals surface area contributed by atoms with E-state index in [1.54, 1.807) is 18.3 Å². The smallest absolute Gasteiger partial charge is 0.261 e. The van der Waals surface area contributed by atoms with Gasteiger partial charge in [0.25, 0.3) is 11.5 Å². The van der Waals surface area contributed by atoms with Crippen molar-refractivity contribution in [2.24, 2.45) is 5.92 Å². The number of carbonyl (C=O) groups is 1. The van der Waals surface area contributed by atoms with Crippen LogP contribution in [0.2, 0.25) is 0 Å². The van der Waals surface area contributed by atoms with Crippen LogP contribution in [0.25, 0.3) is 11.4 Å². The average molecular weight is 339 g/mol. The van der Waals surface area contributed by atoms with E-state index in [4.69, 9.17) is 0 Å². The van der Waals surface area contributed by atoms with Crippen molar-refractivity contribution in [3.8, 4) is 11.4 Å². The third kappa shape index (κ3) is 4.16. The van der Waals surface area contributed by atoms with Gasteiger partial charge in [-0.1, -0.05) is 25.8 Å². The fraction of sp³-hybridized carbons (Fsp3) is 0.450. The maximum absolute atomic E-state index is 12.8. The number of nitrogens with zero attached hydrogens (tertiary/aromatic N) is 2. The lowest BCUT2D eigenvalue weighted by molar-refractivity contribution is 0.0758. The molecule has 0 spiro atoms. The summed E-state index contributed by atoms with van der Waals surface area (Å²) < 4.78 is 0. The monoisotopic (exact) mass is 339 g/mol. The number of aromatic nitrogens is 2. The van der Waals surface area contributed by atoms with Crippen LogP contribution in [0, 0.1) is 5.92 Å². The van der Waals surface area contributed by atoms with Gasteiger partial charge in [-0.05, 0) is 49.4 Å². The molecule has 0 unspecified atom stereocenters. The number of H-pyrrole nitrogens is 1. The number of hydrogen-bond acceptors (Lipinski definition) is 3. The first-order valence-corrected chi connectivity index (χ1v) is 9.13. The summed E-state index contributed by atoms with van der Waals surface area (Å²) in [6.45, 7) is 3.68. The highest BCUT2D eigenvalue weighted by Gasteiger charge is 2.23. The third-order valence-electron chi connectivity index (χ3n) is 4.91. The normalized spacial score (nSPS) is 18.0. The molecule has 0 bridgehead atoms. The molecule has 1 aliphatic rings. The fourth-order valence-corrected chi connectivity index (χ4v) is 3.55. The van der Waals surface area contributed by atoms with E-state index in [0.717, 1.165) is 25.9 Å². The lowest BCUT2D eigenvalue weighted by Gasteiger charge is -2.20. The van der Waals surface area contributed by atoms with Gasteiger partial charge in [0.1, 0.15) is 5.56 Å². The molecule has 1 atom stereocenters. The molecule has 1 amide bonds. The predicted octanol–water partition coefficient (Wildman–Crippen LogP) is 3.48. The second kappa shape index (κ2) is 8.10. The number of nitrogens with one attached hydrogen (secondary N) is 1. The Morgan fingerprint density at radius 3 is 2.84 bits per heavy atom. The van der Waals surface area contributed by atoms with E-state index in [1.807, 2.05) is 23.1 Å². The zero-order valence-corrected chi connectivity index (χ0v) is 14.7. The number of hydrogen-bond donors (Lipinski definition) is 1. The van der Waals surface area contributed by atoms with Crippen molar-refractivity contribution < 1.29 is 4.79 Å². The molecule has 1 N–H and O–H groups in total. The van der Waals surface area contributed by atoms with Crippen molar-refractivity contribution >= 4 is 5.91 Å². The van der Waals surface area contributed by atoms with Crippen LogP contribution in [0.15, 0.2) is 41.3 Å². The number of aromatic amines is 1. The highest BCUT2D eigenvalue weighted by Crippen LogP contribution is 2.22. The Labute approximate surface area is 148 Å². The molecule has 132 valence electrons. The van der Waals surface area contributed by atoms with Gasteiger partial charge >= 0.3 is 0 Å². The van der Waals surface area contributed by atoms with Crippen LogP contribution in [-0.2, 0) is 0 Å². The van der Waals surface area contributed by atoms with Gasteiger partial charge in [-0.15, -0.1) is 0 Å². The predicted molar refractivity (Wildman–Crippen MR) is 98.4 cm³/mol. The van der Waals surface area contributed by atoms with Crippen molar-refractivity contribution in [1.82, 2.24) is 14.9 Å². The van der Waals surface area contributed by atoms with Gasteiger partial charge in [0, 0.05) is 19.3 Å². The summed E-state index contributed by atoms with van der Waals surface area (Å²) in [7, 11) is 0. The molecule has 1 aliphatic heterocycles. The molecule has 5 nitrogen and oxygen atoms in total. The lowest BCUT2D eigenvalue weighted by Crippen LogP contribution is -2.35. The maximum atomic E-state index is 12.8. The second-order valence-corrected chi connectivity index (χ2v) is 6.71. The largest absolute Gasteiger partial charge is 0.338 e. The average Bonchev–Trinajstić information content (AvgIpc) is 2.88. The van der Waals surface area contributed by atoms with Crippen molar-refractivity contribution in [2.75, 3.05) is 13.1 Å². The Kier molecular flexibility index (Phi) is 5.64. The maximum Gasteiger partial charge on any atom is 0.261 e. The first-order chi connectivity index (χ1) is 12.2. The molecule has 0 saturated carbocycles. The van der Waals surface area contributed by atoms with Gasteiger partial charge in [-0.3, -0.25) is 14.6 Å². The van der Waals surface area contributed by atoms with Crippen LogP contribution in [-0.4, -0.2) is 33.9 Å². The van der Waals surface area contributed by atoms with Gasteiger partial charge in [0.15, 0.2) is 0 Å². The fourth-order valence-electron chi connectivity index (χ4n) is 3.55. The summed E-state index contributed by atoms with van der Waals surface area (Å²) in [5.74, 6) is 0.540. The minimum Gasteiger partial charge on any atom is -0.338 e. The van der Waals surface area contributed by atoms with Gasteiger partial charge in [-0.25, -0.2) is 0 Å². The summed E-state index contributed by atoms with van der Waals surface area (Å²) in [6, 6.07) is 8.90. The van der Waals surface area contributed by atoms with E-state index in [9.17, 15) is 9.59 Å². The topological polar surface area (TPSA) is 66.1 Å². The van der Waals surface area contributed by atoms with Gasteiger partial charge < -0.3 is 9.88 Å². The molecule has 1 saturated heterocycles. The molecule has 0 radical (unpaired) electrons. The van der Waals surface area contributed by atoms with E-state index in [0.29, 0.717) is 17.3 Å². The zero-order valence-electron chi connectivity index (χ0n) is 14.7. The minimum absolute atomic E-state index is 0.161. The SMILES string of the molecule is CCC[C@@H]1CCCN(C(=O)c2ccc(-c3ccccn3)[nH]c2=O)CC1. The Hall–Kier alpha value is -2.43. The van der Waals surface area contributed by atoms with Crippen molar-refractivity contribution in [3.63, 3.8) is 0 Å². The molecule has 0 aliphatic carbocycles. The summed E-state index contributed by atoms with van der Waals surface area (Å²) in [5.41, 5.74) is 1.19. The molecule has 1 fully saturated rings. The van der Waals surface area contributed by atoms with Crippen LogP contribution >= 0.6 is 0 Å². The molecular weight excluding hydrogens is 314 g/mol. The first kappa shape index (κ1) is 17.4. The van der Waals surface area contributed by atoms with Crippen LogP contribution in [0.1, 0.15) is 49.4 Å². The van der Waals surface area contributed by atoms with E-state index in [1.165, 1.54) is 19.3 Å². The number of pyridine rings is 2. The molecule has 5 heteroatoms. The Morgan fingerprint density at radius 1 is 1.24 bits per heavy atom. The Bertz CT molecular complexity index is 770. The Morgan fingerprint density at radius 2 is 2.12 bits per heavy atom. The summed E-state index contributed by atoms with van der Waals surface area (Å²) in [4.78, 5) is 34.0. The summed E-state index contributed by atoms with van der Waals surface area (Å²) in [5, 5.41) is 0. The lowest BCUT2D eigenvalue weighted by atomic mass is 9.96. The summed E-state index contributed by atoms with van der Waals surface area (Å²) in [6.07, 6.45) is 7.31. The quantitative estimate of drug-likeness (QED) is 0.927. The van der Waals surface area contributed by atoms with Gasteiger partial charge in [-0.2, -0.15) is 0 Å². The molecular formula is C20H25N3O2. The number of carbonyl (C=O) groups excluding carboxylic acids is 1. The molecule has 0 aromatic carbocycles. The summed E-state index contributed by atoms with van der Waals surface area (Å²) >= 11 is 0. The minimum atomic E-state index is -0.345. The van der Waals surface area contributed by atoms with Crippen LogP contribution < -0.4 is 5.56 Å². The molecule has 25 heavy (non-hydrogen) atoms. The van der Waals surface area contributed by atoms with E-state index >= 15 is 0 Å². The van der Waals surface area contributed by atoms with Crippen LogP contribution in [0.4, 0.5) is 0 Å². The van der Waals surface area contributed by atoms with Crippen molar-refractivity contribution in [1.29, 1.82) is 0 Å². The van der Waals surface area contributed by atoms with E-state index < -0.39 is 0 Å². The number of amides is 1. The second-order valence-electron chi connectivity index (χ2n) is 6.71. The molecule has 2 aromatic rings. The van der Waals surface area contributed by atoms with Crippen LogP contribution in [0.3, 0.4) is 0 Å². The highest BCUT2D eigenvalue weighted by molar-refractivity contribution is 5.94. The number of likely N-dealkylation sites (tertiary alicyclic amines) is 1. The van der Waals surface area contributed by atoms with Gasteiger partial charge in [0.2, 0.25) is 0 Å². The first-order valence-electron chi connectivity index (χ1n) is 9.13. The highest BCUT2D eigenvalue weighted by atomic mass is 16.2. The molecule has 2 aromatic heterocycles. The zero-order chi connectivity index (χ0) is 17.6. The van der Waals surface area contributed by atoms with Gasteiger partial charge in [0.05, 0.1) is 11.4 Å². The van der Waals surface area contributed by atoms with E-state index in [-0.39, 0.29) is 17.0 Å². The number of rotatable bonds is 4. The Balaban J connectivity index is 1.75.